The van der Waals surface area contributed by atoms with E-state index in [1.54, 1.807) is 49.2 Å². The minimum atomic E-state index is -1.21. The summed E-state index contributed by atoms with van der Waals surface area (Å²) >= 11 is 1.62. The van der Waals surface area contributed by atoms with E-state index in [-0.39, 0.29) is 54.6 Å². The highest BCUT2D eigenvalue weighted by Crippen LogP contribution is 2.63. The van der Waals surface area contributed by atoms with E-state index < -0.39 is 11.9 Å². The summed E-state index contributed by atoms with van der Waals surface area (Å²) in [5.74, 6) is 0.133. The Kier molecular flexibility index (Phi) is 15.6. The SMILES string of the molecule is C=CCO[C@@]12Oc3ccc(OC(=O)Nc4ccc(OC)cc4OC)cc3[C@H]3[C@H](CCCCO)[C@@H](CCCCO)C=C(C(=NOCC)C[C@@H]1Sc1ccc(NC(C)=O)cc1)[C@H]32. The smallest absolute Gasteiger partial charge is 0.417 e. The second kappa shape index (κ2) is 21.0. The molecule has 3 aliphatic rings. The van der Waals surface area contributed by atoms with Crippen LogP contribution in [0.25, 0.3) is 0 Å². The number of amides is 2. The molecule has 1 aliphatic heterocycles. The number of aliphatic hydroxyl groups excluding tert-OH is 2. The number of aliphatic hydroxyl groups is 2. The Hall–Kier alpha value is -5.02. The lowest BCUT2D eigenvalue weighted by atomic mass is 9.56. The molecule has 0 saturated heterocycles. The van der Waals surface area contributed by atoms with E-state index in [2.05, 4.69) is 23.3 Å². The fraction of sp³-hybridized carbons (Fsp3) is 0.457. The predicted octanol–water partition coefficient (Wildman–Crippen LogP) is 8.72. The lowest BCUT2D eigenvalue weighted by Gasteiger charge is -2.58. The molecule has 0 bridgehead atoms. The quantitative estimate of drug-likeness (QED) is 0.0488. The summed E-state index contributed by atoms with van der Waals surface area (Å²) in [4.78, 5) is 32.0. The number of hydrogen-bond donors (Lipinski definition) is 4. The molecule has 0 unspecified atom stereocenters. The number of allylic oxidation sites excluding steroid dienone is 1. The summed E-state index contributed by atoms with van der Waals surface area (Å²) in [5, 5.41) is 29.8. The van der Waals surface area contributed by atoms with Crippen LogP contribution >= 0.6 is 11.8 Å². The minimum absolute atomic E-state index is 0.0556. The molecule has 0 aromatic heterocycles. The molecule has 6 atom stereocenters. The van der Waals surface area contributed by atoms with Gasteiger partial charge in [0, 0.05) is 54.7 Å². The molecule has 4 N–H and O–H groups in total. The zero-order valence-corrected chi connectivity index (χ0v) is 35.6. The van der Waals surface area contributed by atoms with Crippen molar-refractivity contribution in [3.8, 4) is 23.0 Å². The maximum Gasteiger partial charge on any atom is 0.417 e. The number of carbonyl (C=O) groups is 2. The van der Waals surface area contributed by atoms with Gasteiger partial charge in [0.25, 0.3) is 0 Å². The van der Waals surface area contributed by atoms with Crippen molar-refractivity contribution in [3.05, 3.63) is 90.5 Å². The Morgan fingerprint density at radius 2 is 1.72 bits per heavy atom. The van der Waals surface area contributed by atoms with Crippen molar-refractivity contribution in [3.63, 3.8) is 0 Å². The third-order valence-electron chi connectivity index (χ3n) is 11.2. The van der Waals surface area contributed by atoms with Crippen LogP contribution in [0.3, 0.4) is 0 Å². The van der Waals surface area contributed by atoms with Crippen LogP contribution in [0.1, 0.15) is 70.3 Å². The van der Waals surface area contributed by atoms with Crippen molar-refractivity contribution in [2.24, 2.45) is 22.9 Å². The molecule has 13 nitrogen and oxygen atoms in total. The Morgan fingerprint density at radius 3 is 2.40 bits per heavy atom. The van der Waals surface area contributed by atoms with Gasteiger partial charge in [-0.25, -0.2) is 4.79 Å². The highest BCUT2D eigenvalue weighted by molar-refractivity contribution is 8.00. The van der Waals surface area contributed by atoms with E-state index in [0.29, 0.717) is 60.2 Å². The molecule has 60 heavy (non-hydrogen) atoms. The van der Waals surface area contributed by atoms with Gasteiger partial charge < -0.3 is 44.1 Å². The molecular weight excluding hydrogens is 787 g/mol. The van der Waals surface area contributed by atoms with Gasteiger partial charge in [-0.2, -0.15) is 0 Å². The normalized spacial score (nSPS) is 23.3. The first-order valence-corrected chi connectivity index (χ1v) is 21.5. The molecular formula is C46H57N3O10S. The standard InChI is InChI=1S/C46H57N3O10S/c1-6-24-56-46-42(60-34-18-14-31(15-19-34)47-29(3)52)28-39(49-57-7-2)36-25-30(12-8-10-22-50)35(13-9-11-23-51)43(44(36)46)37-26-33(17-21-40(37)59-46)58-45(53)48-38-20-16-32(54-4)27-41(38)55-5/h6,14-21,25-27,30,35,42-44,50-51H,1,7-13,22-24,28H2,2-5H3,(H,47,52)(H,48,53)/t30-,35+,42-,43+,44+,46+/m0/s1. The number of fused-ring (bicyclic) bond motifs is 2. The van der Waals surface area contributed by atoms with Crippen LogP contribution in [-0.2, 0) is 14.4 Å². The number of ether oxygens (including phenoxy) is 5. The van der Waals surface area contributed by atoms with Crippen molar-refractivity contribution >= 4 is 40.8 Å². The molecule has 2 amide bonds. The molecule has 1 saturated carbocycles. The van der Waals surface area contributed by atoms with Crippen LogP contribution in [0.15, 0.2) is 95.0 Å². The third kappa shape index (κ3) is 10.1. The van der Waals surface area contributed by atoms with Crippen molar-refractivity contribution < 1.29 is 48.3 Å². The Morgan fingerprint density at radius 1 is 0.967 bits per heavy atom. The first kappa shape index (κ1) is 44.5. The lowest BCUT2D eigenvalue weighted by molar-refractivity contribution is -0.223. The van der Waals surface area contributed by atoms with Crippen molar-refractivity contribution in [2.45, 2.75) is 80.6 Å². The number of hydrogen-bond acceptors (Lipinski definition) is 12. The largest absolute Gasteiger partial charge is 0.497 e. The van der Waals surface area contributed by atoms with E-state index in [9.17, 15) is 19.8 Å². The molecule has 3 aromatic rings. The van der Waals surface area contributed by atoms with E-state index in [4.69, 9.17) is 33.7 Å². The first-order chi connectivity index (χ1) is 29.2. The zero-order chi connectivity index (χ0) is 42.6. The number of thioether (sulfide) groups is 1. The maximum absolute atomic E-state index is 13.5. The number of carbonyl (C=O) groups excluding carboxylic acids is 2. The topological polar surface area (TPSA) is 166 Å². The predicted molar refractivity (Wildman–Crippen MR) is 232 cm³/mol. The summed E-state index contributed by atoms with van der Waals surface area (Å²) in [6.45, 7) is 8.18. The average Bonchev–Trinajstić information content (AvgIpc) is 3.24. The fourth-order valence-corrected chi connectivity index (χ4v) is 10.0. The van der Waals surface area contributed by atoms with Gasteiger partial charge in [0.1, 0.15) is 29.6 Å². The third-order valence-corrected chi connectivity index (χ3v) is 12.6. The van der Waals surface area contributed by atoms with Gasteiger partial charge in [-0.3, -0.25) is 10.1 Å². The molecule has 6 rings (SSSR count). The highest BCUT2D eigenvalue weighted by atomic mass is 32.2. The molecule has 1 heterocycles. The van der Waals surface area contributed by atoms with E-state index in [0.717, 1.165) is 47.4 Å². The summed E-state index contributed by atoms with van der Waals surface area (Å²) in [6.07, 6.45) is 8.40. The van der Waals surface area contributed by atoms with Crippen molar-refractivity contribution in [2.75, 3.05) is 51.3 Å². The number of oxime groups is 1. The number of methoxy groups -OCH3 is 2. The van der Waals surface area contributed by atoms with Gasteiger partial charge in [-0.1, -0.05) is 30.1 Å². The van der Waals surface area contributed by atoms with Gasteiger partial charge in [0.2, 0.25) is 11.7 Å². The highest BCUT2D eigenvalue weighted by Gasteiger charge is 2.64. The fourth-order valence-electron chi connectivity index (χ4n) is 8.76. The van der Waals surface area contributed by atoms with Crippen LogP contribution < -0.4 is 29.6 Å². The Bertz CT molecular complexity index is 2020. The number of unbranched alkanes of at least 4 members (excludes halogenated alkanes) is 2. The van der Waals surface area contributed by atoms with Gasteiger partial charge in [0.05, 0.1) is 43.4 Å². The van der Waals surface area contributed by atoms with E-state index >= 15 is 0 Å². The monoisotopic (exact) mass is 843 g/mol. The molecule has 3 aromatic carbocycles. The molecule has 1 fully saturated rings. The second-order valence-electron chi connectivity index (χ2n) is 15.1. The summed E-state index contributed by atoms with van der Waals surface area (Å²) in [6, 6.07) is 18.2. The Balaban J connectivity index is 1.48. The molecule has 0 radical (unpaired) electrons. The minimum Gasteiger partial charge on any atom is -0.497 e. The van der Waals surface area contributed by atoms with E-state index in [1.807, 2.05) is 43.3 Å². The Labute approximate surface area is 356 Å². The van der Waals surface area contributed by atoms with Gasteiger partial charge in [-0.05, 0) is 105 Å². The molecule has 14 heteroatoms. The zero-order valence-electron chi connectivity index (χ0n) is 34.8. The van der Waals surface area contributed by atoms with Crippen LogP contribution in [-0.4, -0.2) is 79.6 Å². The number of anilines is 2. The number of nitrogens with zero attached hydrogens (tertiary/aromatic N) is 1. The average molecular weight is 844 g/mol. The van der Waals surface area contributed by atoms with Gasteiger partial charge in [0.15, 0.2) is 0 Å². The van der Waals surface area contributed by atoms with Gasteiger partial charge in [-0.15, -0.1) is 18.3 Å². The maximum atomic E-state index is 13.5. The molecule has 0 spiro atoms. The summed E-state index contributed by atoms with van der Waals surface area (Å²) in [7, 11) is 3.07. The summed E-state index contributed by atoms with van der Waals surface area (Å²) < 4.78 is 31.0. The van der Waals surface area contributed by atoms with Gasteiger partial charge >= 0.3 is 6.09 Å². The number of benzene rings is 3. The second-order valence-corrected chi connectivity index (χ2v) is 16.3. The van der Waals surface area contributed by atoms with Crippen LogP contribution in [0.5, 0.6) is 23.0 Å². The molecule has 2 aliphatic carbocycles. The van der Waals surface area contributed by atoms with Crippen molar-refractivity contribution in [1.29, 1.82) is 0 Å². The lowest BCUT2D eigenvalue weighted by Crippen LogP contribution is -2.64. The first-order valence-electron chi connectivity index (χ1n) is 20.6. The number of nitrogens with one attached hydrogen (secondary N) is 2. The van der Waals surface area contributed by atoms with Crippen molar-refractivity contribution in [1.82, 2.24) is 0 Å². The summed E-state index contributed by atoms with van der Waals surface area (Å²) in [5.41, 5.74) is 3.79. The van der Waals surface area contributed by atoms with E-state index in [1.165, 1.54) is 14.0 Å². The van der Waals surface area contributed by atoms with Crippen LogP contribution in [0.4, 0.5) is 16.2 Å². The van der Waals surface area contributed by atoms with Crippen LogP contribution in [0, 0.1) is 17.8 Å². The molecule has 322 valence electrons. The van der Waals surface area contributed by atoms with Crippen LogP contribution in [0.2, 0.25) is 0 Å². The number of rotatable bonds is 20.